The topological polar surface area (TPSA) is 21.3 Å². The van der Waals surface area contributed by atoms with Gasteiger partial charge in [-0.2, -0.15) is 11.8 Å². The highest BCUT2D eigenvalue weighted by Crippen LogP contribution is 2.40. The molecule has 0 amide bonds. The van der Waals surface area contributed by atoms with Crippen molar-refractivity contribution in [2.45, 2.75) is 24.6 Å². The van der Waals surface area contributed by atoms with Crippen molar-refractivity contribution in [3.8, 4) is 5.75 Å². The van der Waals surface area contributed by atoms with Gasteiger partial charge in [0.05, 0.1) is 7.11 Å². The minimum atomic E-state index is 0.624. The SMILES string of the molecule is CCNC1CS[C@@H](c2cccc(OC)c2)C1. The quantitative estimate of drug-likeness (QED) is 0.870. The molecule has 2 atom stereocenters. The van der Waals surface area contributed by atoms with Crippen molar-refractivity contribution in [2.75, 3.05) is 19.4 Å². The molecule has 0 aromatic heterocycles. The zero-order valence-corrected chi connectivity index (χ0v) is 10.7. The number of methoxy groups -OCH3 is 1. The van der Waals surface area contributed by atoms with Gasteiger partial charge in [-0.25, -0.2) is 0 Å². The Morgan fingerprint density at radius 3 is 3.12 bits per heavy atom. The van der Waals surface area contributed by atoms with Gasteiger partial charge in [0.1, 0.15) is 5.75 Å². The van der Waals surface area contributed by atoms with Crippen LogP contribution in [0.25, 0.3) is 0 Å². The van der Waals surface area contributed by atoms with Crippen molar-refractivity contribution < 1.29 is 4.74 Å². The molecular formula is C13H19NOS. The largest absolute Gasteiger partial charge is 0.497 e. The first-order valence-corrected chi connectivity index (χ1v) is 6.87. The van der Waals surface area contributed by atoms with Crippen LogP contribution in [0, 0.1) is 0 Å². The average Bonchev–Trinajstić information content (AvgIpc) is 2.78. The smallest absolute Gasteiger partial charge is 0.119 e. The summed E-state index contributed by atoms with van der Waals surface area (Å²) in [5.74, 6) is 2.18. The van der Waals surface area contributed by atoms with Gasteiger partial charge in [-0.05, 0) is 30.7 Å². The molecule has 1 unspecified atom stereocenters. The average molecular weight is 237 g/mol. The number of hydrogen-bond donors (Lipinski definition) is 1. The summed E-state index contributed by atoms with van der Waals surface area (Å²) in [4.78, 5) is 0. The first-order chi connectivity index (χ1) is 7.83. The van der Waals surface area contributed by atoms with Crippen LogP contribution < -0.4 is 10.1 Å². The summed E-state index contributed by atoms with van der Waals surface area (Å²) in [6.45, 7) is 3.24. The molecule has 1 aliphatic rings. The van der Waals surface area contributed by atoms with Crippen LogP contribution in [-0.2, 0) is 0 Å². The third-order valence-corrected chi connectivity index (χ3v) is 4.42. The van der Waals surface area contributed by atoms with E-state index in [1.54, 1.807) is 7.11 Å². The lowest BCUT2D eigenvalue weighted by Crippen LogP contribution is -2.28. The lowest BCUT2D eigenvalue weighted by Gasteiger charge is -2.12. The molecule has 1 aromatic rings. The fourth-order valence-corrected chi connectivity index (χ4v) is 3.56. The van der Waals surface area contributed by atoms with Gasteiger partial charge in [0.25, 0.3) is 0 Å². The van der Waals surface area contributed by atoms with Crippen molar-refractivity contribution in [3.05, 3.63) is 29.8 Å². The van der Waals surface area contributed by atoms with Crippen molar-refractivity contribution in [1.82, 2.24) is 5.32 Å². The van der Waals surface area contributed by atoms with Gasteiger partial charge in [-0.3, -0.25) is 0 Å². The van der Waals surface area contributed by atoms with Crippen LogP contribution in [0.4, 0.5) is 0 Å². The van der Waals surface area contributed by atoms with Gasteiger partial charge in [0.2, 0.25) is 0 Å². The van der Waals surface area contributed by atoms with E-state index in [9.17, 15) is 0 Å². The highest BCUT2D eigenvalue weighted by Gasteiger charge is 2.25. The molecule has 0 spiro atoms. The van der Waals surface area contributed by atoms with E-state index in [0.29, 0.717) is 11.3 Å². The minimum Gasteiger partial charge on any atom is -0.497 e. The zero-order chi connectivity index (χ0) is 11.4. The third kappa shape index (κ3) is 2.71. The lowest BCUT2D eigenvalue weighted by atomic mass is 10.1. The van der Waals surface area contributed by atoms with Crippen LogP contribution in [-0.4, -0.2) is 25.4 Å². The van der Waals surface area contributed by atoms with Crippen molar-refractivity contribution in [1.29, 1.82) is 0 Å². The summed E-state index contributed by atoms with van der Waals surface area (Å²) in [6, 6.07) is 9.12. The molecule has 1 N–H and O–H groups in total. The summed E-state index contributed by atoms with van der Waals surface area (Å²) in [7, 11) is 1.72. The van der Waals surface area contributed by atoms with E-state index in [2.05, 4.69) is 30.4 Å². The molecule has 88 valence electrons. The fraction of sp³-hybridized carbons (Fsp3) is 0.538. The number of nitrogens with one attached hydrogen (secondary N) is 1. The van der Waals surface area contributed by atoms with Crippen molar-refractivity contribution in [3.63, 3.8) is 0 Å². The summed E-state index contributed by atoms with van der Waals surface area (Å²) < 4.78 is 5.26. The predicted molar refractivity (Wildman–Crippen MR) is 70.3 cm³/mol. The van der Waals surface area contributed by atoms with Gasteiger partial charge in [-0.15, -0.1) is 0 Å². The number of hydrogen-bond acceptors (Lipinski definition) is 3. The van der Waals surface area contributed by atoms with E-state index in [1.165, 1.54) is 17.7 Å². The Bertz CT molecular complexity index is 342. The second-order valence-corrected chi connectivity index (χ2v) is 5.32. The Labute approximate surface area is 102 Å². The Hall–Kier alpha value is -0.670. The first kappa shape index (κ1) is 11.8. The molecule has 2 nitrogen and oxygen atoms in total. The third-order valence-electron chi connectivity index (χ3n) is 2.96. The van der Waals surface area contributed by atoms with Gasteiger partial charge < -0.3 is 10.1 Å². The monoisotopic (exact) mass is 237 g/mol. The summed E-state index contributed by atoms with van der Waals surface area (Å²) >= 11 is 2.04. The van der Waals surface area contributed by atoms with Crippen LogP contribution in [0.15, 0.2) is 24.3 Å². The highest BCUT2D eigenvalue weighted by molar-refractivity contribution is 7.99. The van der Waals surface area contributed by atoms with E-state index in [-0.39, 0.29) is 0 Å². The Balaban J connectivity index is 2.02. The van der Waals surface area contributed by atoms with Crippen LogP contribution >= 0.6 is 11.8 Å². The molecule has 1 saturated heterocycles. The molecule has 1 aliphatic heterocycles. The molecule has 1 heterocycles. The number of thioether (sulfide) groups is 1. The molecule has 2 rings (SSSR count). The van der Waals surface area contributed by atoms with Crippen LogP contribution in [0.2, 0.25) is 0 Å². The summed E-state index contributed by atoms with van der Waals surface area (Å²) in [6.07, 6.45) is 1.23. The highest BCUT2D eigenvalue weighted by atomic mass is 32.2. The van der Waals surface area contributed by atoms with E-state index in [1.807, 2.05) is 17.8 Å². The molecule has 0 radical (unpaired) electrons. The molecule has 0 bridgehead atoms. The van der Waals surface area contributed by atoms with E-state index < -0.39 is 0 Å². The molecular weight excluding hydrogens is 218 g/mol. The van der Waals surface area contributed by atoms with E-state index in [0.717, 1.165) is 12.3 Å². The van der Waals surface area contributed by atoms with E-state index >= 15 is 0 Å². The minimum absolute atomic E-state index is 0.624. The summed E-state index contributed by atoms with van der Waals surface area (Å²) in [5.41, 5.74) is 1.39. The molecule has 3 heteroatoms. The standard InChI is InChI=1S/C13H19NOS/c1-3-14-11-8-13(16-9-11)10-5-4-6-12(7-10)15-2/h4-7,11,13-14H,3,8-9H2,1-2H3/t11?,13-/m1/s1. The molecule has 0 saturated carbocycles. The Morgan fingerprint density at radius 2 is 2.38 bits per heavy atom. The molecule has 1 aromatic carbocycles. The van der Waals surface area contributed by atoms with Crippen LogP contribution in [0.3, 0.4) is 0 Å². The first-order valence-electron chi connectivity index (χ1n) is 5.82. The lowest BCUT2D eigenvalue weighted by molar-refractivity contribution is 0.414. The Morgan fingerprint density at radius 1 is 1.50 bits per heavy atom. The van der Waals surface area contributed by atoms with Gasteiger partial charge in [0.15, 0.2) is 0 Å². The van der Waals surface area contributed by atoms with Gasteiger partial charge in [0, 0.05) is 17.0 Å². The molecule has 0 aliphatic carbocycles. The van der Waals surface area contributed by atoms with Gasteiger partial charge >= 0.3 is 0 Å². The Kier molecular flexibility index (Phi) is 4.13. The van der Waals surface area contributed by atoms with Crippen LogP contribution in [0.1, 0.15) is 24.2 Å². The predicted octanol–water partition coefficient (Wildman–Crippen LogP) is 2.85. The second kappa shape index (κ2) is 5.60. The van der Waals surface area contributed by atoms with Crippen molar-refractivity contribution in [2.24, 2.45) is 0 Å². The zero-order valence-electron chi connectivity index (χ0n) is 9.90. The fourth-order valence-electron chi connectivity index (χ4n) is 2.13. The van der Waals surface area contributed by atoms with Gasteiger partial charge in [-0.1, -0.05) is 19.1 Å². The normalized spacial score (nSPS) is 24.6. The number of rotatable bonds is 4. The maximum atomic E-state index is 5.26. The van der Waals surface area contributed by atoms with E-state index in [4.69, 9.17) is 4.74 Å². The maximum Gasteiger partial charge on any atom is 0.119 e. The number of benzene rings is 1. The molecule has 1 fully saturated rings. The second-order valence-electron chi connectivity index (χ2n) is 4.09. The van der Waals surface area contributed by atoms with Crippen molar-refractivity contribution >= 4 is 11.8 Å². The maximum absolute atomic E-state index is 5.26. The molecule has 16 heavy (non-hydrogen) atoms. The number of ether oxygens (including phenoxy) is 1. The van der Waals surface area contributed by atoms with Crippen LogP contribution in [0.5, 0.6) is 5.75 Å². The summed E-state index contributed by atoms with van der Waals surface area (Å²) in [5, 5.41) is 4.14.